The largest absolute Gasteiger partial charge is 0.481 e. The molecule has 0 radical (unpaired) electrons. The lowest BCUT2D eigenvalue weighted by atomic mass is 9.87. The minimum Gasteiger partial charge on any atom is -0.481 e. The van der Waals surface area contributed by atoms with Crippen LogP contribution in [0.3, 0.4) is 0 Å². The second kappa shape index (κ2) is 5.16. The van der Waals surface area contributed by atoms with E-state index in [1.807, 2.05) is 0 Å². The summed E-state index contributed by atoms with van der Waals surface area (Å²) in [4.78, 5) is 33.2. The topological polar surface area (TPSA) is 104 Å². The van der Waals surface area contributed by atoms with Crippen LogP contribution < -0.4 is 5.32 Å². The van der Waals surface area contributed by atoms with E-state index in [1.54, 1.807) is 6.92 Å². The normalized spacial score (nSPS) is 19.6. The van der Waals surface area contributed by atoms with Crippen LogP contribution in [0.2, 0.25) is 0 Å². The highest BCUT2D eigenvalue weighted by Crippen LogP contribution is 2.37. The van der Waals surface area contributed by atoms with Gasteiger partial charge in [-0.2, -0.15) is 0 Å². The number of carbonyl (C=O) groups excluding carboxylic acids is 1. The molecule has 1 aliphatic rings. The number of hydrogen-bond acceptors (Lipinski definition) is 3. The number of carbonyl (C=O) groups is 3. The van der Waals surface area contributed by atoms with Crippen LogP contribution in [-0.2, 0) is 14.4 Å². The standard InChI is InChI=1S/C11H17NO5/c1-11(4-2-3-5-11)10(17)12-7(9(15)16)6-8(13)14/h7H,2-6H2,1H3,(H,12,17)(H,13,14)(H,15,16)/t7-/m0/s1. The van der Waals surface area contributed by atoms with Crippen LogP contribution in [0.25, 0.3) is 0 Å². The van der Waals surface area contributed by atoms with Crippen molar-refractivity contribution in [2.45, 2.75) is 45.1 Å². The van der Waals surface area contributed by atoms with Crippen LogP contribution in [-0.4, -0.2) is 34.1 Å². The molecule has 96 valence electrons. The van der Waals surface area contributed by atoms with Gasteiger partial charge in [0, 0.05) is 5.41 Å². The van der Waals surface area contributed by atoms with Gasteiger partial charge in [-0.3, -0.25) is 9.59 Å². The molecular weight excluding hydrogens is 226 g/mol. The van der Waals surface area contributed by atoms with Gasteiger partial charge >= 0.3 is 11.9 Å². The van der Waals surface area contributed by atoms with Gasteiger partial charge in [0.05, 0.1) is 6.42 Å². The molecular formula is C11H17NO5. The summed E-state index contributed by atoms with van der Waals surface area (Å²) in [6.45, 7) is 1.79. The van der Waals surface area contributed by atoms with Crippen LogP contribution in [0.4, 0.5) is 0 Å². The van der Waals surface area contributed by atoms with E-state index in [-0.39, 0.29) is 5.91 Å². The molecule has 1 saturated carbocycles. The predicted molar refractivity (Wildman–Crippen MR) is 58.4 cm³/mol. The Kier molecular flexibility index (Phi) is 4.09. The van der Waals surface area contributed by atoms with Gasteiger partial charge in [-0.25, -0.2) is 4.79 Å². The predicted octanol–water partition coefficient (Wildman–Crippen LogP) is 0.611. The smallest absolute Gasteiger partial charge is 0.326 e. The van der Waals surface area contributed by atoms with Crippen molar-refractivity contribution in [1.82, 2.24) is 5.32 Å². The molecule has 0 aromatic rings. The number of amides is 1. The number of aliphatic carboxylic acids is 2. The first kappa shape index (κ1) is 13.5. The fourth-order valence-electron chi connectivity index (χ4n) is 2.09. The maximum Gasteiger partial charge on any atom is 0.326 e. The molecule has 6 heteroatoms. The van der Waals surface area contributed by atoms with E-state index < -0.39 is 29.8 Å². The molecule has 1 fully saturated rings. The molecule has 0 saturated heterocycles. The number of hydrogen-bond donors (Lipinski definition) is 3. The Bertz CT molecular complexity index is 333. The van der Waals surface area contributed by atoms with E-state index in [0.29, 0.717) is 0 Å². The average molecular weight is 243 g/mol. The zero-order valence-electron chi connectivity index (χ0n) is 9.73. The van der Waals surface area contributed by atoms with Crippen molar-refractivity contribution in [3.63, 3.8) is 0 Å². The van der Waals surface area contributed by atoms with Crippen LogP contribution in [0.5, 0.6) is 0 Å². The van der Waals surface area contributed by atoms with Crippen molar-refractivity contribution in [2.75, 3.05) is 0 Å². The lowest BCUT2D eigenvalue weighted by Gasteiger charge is -2.24. The average Bonchev–Trinajstić information content (AvgIpc) is 2.64. The Morgan fingerprint density at radius 3 is 2.18 bits per heavy atom. The Hall–Kier alpha value is -1.59. The molecule has 3 N–H and O–H groups in total. The molecule has 1 aliphatic carbocycles. The van der Waals surface area contributed by atoms with E-state index in [9.17, 15) is 14.4 Å². The third kappa shape index (κ3) is 3.44. The van der Waals surface area contributed by atoms with Crippen LogP contribution in [0.15, 0.2) is 0 Å². The van der Waals surface area contributed by atoms with Crippen molar-refractivity contribution in [3.8, 4) is 0 Å². The quantitative estimate of drug-likeness (QED) is 0.656. The molecule has 6 nitrogen and oxygen atoms in total. The monoisotopic (exact) mass is 243 g/mol. The van der Waals surface area contributed by atoms with Crippen LogP contribution in [0.1, 0.15) is 39.0 Å². The fraction of sp³-hybridized carbons (Fsp3) is 0.727. The number of nitrogens with one attached hydrogen (secondary N) is 1. The van der Waals surface area contributed by atoms with E-state index in [0.717, 1.165) is 25.7 Å². The highest BCUT2D eigenvalue weighted by Gasteiger charge is 2.38. The van der Waals surface area contributed by atoms with Gasteiger partial charge in [0.15, 0.2) is 0 Å². The Balaban J connectivity index is 2.63. The number of carboxylic acids is 2. The Morgan fingerprint density at radius 2 is 1.76 bits per heavy atom. The molecule has 0 aromatic heterocycles. The molecule has 0 bridgehead atoms. The third-order valence-corrected chi connectivity index (χ3v) is 3.24. The molecule has 1 amide bonds. The maximum absolute atomic E-state index is 11.9. The highest BCUT2D eigenvalue weighted by molar-refractivity contribution is 5.89. The Labute approximate surface area is 99.0 Å². The van der Waals surface area contributed by atoms with E-state index >= 15 is 0 Å². The van der Waals surface area contributed by atoms with Gasteiger partial charge in [0.25, 0.3) is 0 Å². The van der Waals surface area contributed by atoms with Gasteiger partial charge in [0.1, 0.15) is 6.04 Å². The van der Waals surface area contributed by atoms with Crippen LogP contribution in [0, 0.1) is 5.41 Å². The lowest BCUT2D eigenvalue weighted by Crippen LogP contribution is -2.47. The first-order valence-corrected chi connectivity index (χ1v) is 5.61. The molecule has 0 unspecified atom stereocenters. The van der Waals surface area contributed by atoms with Crippen molar-refractivity contribution >= 4 is 17.8 Å². The minimum absolute atomic E-state index is 0.358. The van der Waals surface area contributed by atoms with Crippen molar-refractivity contribution in [3.05, 3.63) is 0 Å². The van der Waals surface area contributed by atoms with E-state index in [2.05, 4.69) is 5.32 Å². The summed E-state index contributed by atoms with van der Waals surface area (Å²) in [7, 11) is 0. The zero-order valence-corrected chi connectivity index (χ0v) is 9.73. The van der Waals surface area contributed by atoms with Crippen molar-refractivity contribution < 1.29 is 24.6 Å². The van der Waals surface area contributed by atoms with Gasteiger partial charge in [-0.1, -0.05) is 19.8 Å². The second-order valence-electron chi connectivity index (χ2n) is 4.73. The SMILES string of the molecule is CC1(C(=O)N[C@@H](CC(=O)O)C(=O)O)CCCC1. The van der Waals surface area contributed by atoms with Gasteiger partial charge in [-0.05, 0) is 12.8 Å². The summed E-state index contributed by atoms with van der Waals surface area (Å²) in [5, 5.41) is 19.7. The maximum atomic E-state index is 11.9. The summed E-state index contributed by atoms with van der Waals surface area (Å²) in [6.07, 6.45) is 2.73. The molecule has 1 atom stereocenters. The minimum atomic E-state index is -1.35. The summed E-state index contributed by atoms with van der Waals surface area (Å²) >= 11 is 0. The summed E-state index contributed by atoms with van der Waals surface area (Å²) in [5.74, 6) is -2.92. The highest BCUT2D eigenvalue weighted by atomic mass is 16.4. The van der Waals surface area contributed by atoms with Crippen molar-refractivity contribution in [2.24, 2.45) is 5.41 Å². The fourth-order valence-corrected chi connectivity index (χ4v) is 2.09. The van der Waals surface area contributed by atoms with Crippen LogP contribution >= 0.6 is 0 Å². The van der Waals surface area contributed by atoms with Gasteiger partial charge < -0.3 is 15.5 Å². The molecule has 0 aliphatic heterocycles. The second-order valence-corrected chi connectivity index (χ2v) is 4.73. The molecule has 17 heavy (non-hydrogen) atoms. The van der Waals surface area contributed by atoms with Crippen molar-refractivity contribution in [1.29, 1.82) is 0 Å². The molecule has 1 rings (SSSR count). The van der Waals surface area contributed by atoms with E-state index in [1.165, 1.54) is 0 Å². The van der Waals surface area contributed by atoms with E-state index in [4.69, 9.17) is 10.2 Å². The summed E-state index contributed by atoms with van der Waals surface area (Å²) in [5.41, 5.74) is -0.549. The first-order valence-electron chi connectivity index (χ1n) is 5.61. The van der Waals surface area contributed by atoms with Gasteiger partial charge in [0.2, 0.25) is 5.91 Å². The lowest BCUT2D eigenvalue weighted by molar-refractivity contribution is -0.148. The Morgan fingerprint density at radius 1 is 1.24 bits per heavy atom. The summed E-state index contributed by atoms with van der Waals surface area (Å²) in [6, 6.07) is -1.35. The summed E-state index contributed by atoms with van der Waals surface area (Å²) < 4.78 is 0. The van der Waals surface area contributed by atoms with Gasteiger partial charge in [-0.15, -0.1) is 0 Å². The molecule has 0 spiro atoms. The first-order chi connectivity index (χ1) is 7.85. The number of carboxylic acid groups (broad SMARTS) is 2. The third-order valence-electron chi connectivity index (χ3n) is 3.24. The zero-order chi connectivity index (χ0) is 13.1. The molecule has 0 aromatic carbocycles. The number of rotatable bonds is 5. The molecule has 0 heterocycles.